The lowest BCUT2D eigenvalue weighted by atomic mass is 10.1. The highest BCUT2D eigenvalue weighted by Gasteiger charge is 2.29. The summed E-state index contributed by atoms with van der Waals surface area (Å²) in [5, 5.41) is 4.60. The molecule has 10 heteroatoms. The molecule has 4 aromatic rings. The molecule has 1 heterocycles. The summed E-state index contributed by atoms with van der Waals surface area (Å²) in [7, 11) is 4.61. The van der Waals surface area contributed by atoms with E-state index in [0.29, 0.717) is 39.7 Å². The molecule has 0 saturated carbocycles. The van der Waals surface area contributed by atoms with E-state index >= 15 is 0 Å². The van der Waals surface area contributed by atoms with Gasteiger partial charge in [-0.3, -0.25) is 0 Å². The summed E-state index contributed by atoms with van der Waals surface area (Å²) in [6, 6.07) is 16.2. The highest BCUT2D eigenvalue weighted by atomic mass is 32.2. The van der Waals surface area contributed by atoms with Gasteiger partial charge in [-0.15, -0.1) is 0 Å². The largest absolute Gasteiger partial charge is 0.493 e. The third-order valence-electron chi connectivity index (χ3n) is 5.16. The number of nitrogens with zero attached hydrogens (tertiary/aromatic N) is 2. The van der Waals surface area contributed by atoms with Crippen molar-refractivity contribution in [1.29, 1.82) is 0 Å². The first-order chi connectivity index (χ1) is 16.8. The molecule has 0 saturated heterocycles. The van der Waals surface area contributed by atoms with E-state index in [1.807, 2.05) is 24.3 Å². The zero-order chi connectivity index (χ0) is 25.0. The summed E-state index contributed by atoms with van der Waals surface area (Å²) in [6.07, 6.45) is -4.36. The van der Waals surface area contributed by atoms with Gasteiger partial charge in [-0.1, -0.05) is 36.0 Å². The molecule has 182 valence electrons. The van der Waals surface area contributed by atoms with Crippen molar-refractivity contribution in [3.8, 4) is 17.2 Å². The Labute approximate surface area is 204 Å². The zero-order valence-corrected chi connectivity index (χ0v) is 20.0. The van der Waals surface area contributed by atoms with Crippen LogP contribution in [0.25, 0.3) is 10.9 Å². The molecular weight excluding hydrogens is 479 g/mol. The number of ether oxygens (including phenoxy) is 3. The molecule has 35 heavy (non-hydrogen) atoms. The standard InChI is InChI=1S/C25H22F3N3O3S/c1-32-20-12-17(13-21(33-2)22(20)34-3)29-23-18-6-4-5-7-19(18)30-24(31-23)35-14-15-8-10-16(11-9-15)25(26,27)28/h4-13H,14H2,1-3H3,(H,29,30,31). The van der Waals surface area contributed by atoms with Crippen LogP contribution >= 0.6 is 11.8 Å². The van der Waals surface area contributed by atoms with Gasteiger partial charge in [-0.05, 0) is 29.8 Å². The topological polar surface area (TPSA) is 65.5 Å². The first-order valence-electron chi connectivity index (χ1n) is 10.4. The molecule has 0 atom stereocenters. The van der Waals surface area contributed by atoms with Crippen molar-refractivity contribution in [2.24, 2.45) is 0 Å². The van der Waals surface area contributed by atoms with Crippen LogP contribution in [-0.2, 0) is 11.9 Å². The van der Waals surface area contributed by atoms with Crippen molar-refractivity contribution < 1.29 is 27.4 Å². The number of alkyl halides is 3. The number of fused-ring (bicyclic) bond motifs is 1. The molecule has 0 fully saturated rings. The minimum Gasteiger partial charge on any atom is -0.493 e. The molecule has 0 spiro atoms. The molecule has 0 amide bonds. The first-order valence-corrected chi connectivity index (χ1v) is 11.4. The molecule has 1 aromatic heterocycles. The lowest BCUT2D eigenvalue weighted by Gasteiger charge is -2.16. The van der Waals surface area contributed by atoms with Gasteiger partial charge in [0, 0.05) is 29.0 Å². The molecule has 0 aliphatic rings. The monoisotopic (exact) mass is 501 g/mol. The number of hydrogen-bond acceptors (Lipinski definition) is 7. The molecule has 0 aliphatic carbocycles. The summed E-state index contributed by atoms with van der Waals surface area (Å²) < 4.78 is 54.7. The smallest absolute Gasteiger partial charge is 0.416 e. The van der Waals surface area contributed by atoms with Gasteiger partial charge in [-0.25, -0.2) is 9.97 Å². The van der Waals surface area contributed by atoms with Gasteiger partial charge in [0.2, 0.25) is 5.75 Å². The van der Waals surface area contributed by atoms with Gasteiger partial charge >= 0.3 is 6.18 Å². The number of para-hydroxylation sites is 1. The Morgan fingerprint density at radius 3 is 2.11 bits per heavy atom. The minimum atomic E-state index is -4.36. The van der Waals surface area contributed by atoms with Crippen molar-refractivity contribution in [1.82, 2.24) is 9.97 Å². The van der Waals surface area contributed by atoms with E-state index in [1.54, 1.807) is 12.1 Å². The molecular formula is C25H22F3N3O3S. The summed E-state index contributed by atoms with van der Waals surface area (Å²) in [5.41, 5.74) is 1.46. The summed E-state index contributed by atoms with van der Waals surface area (Å²) >= 11 is 1.33. The van der Waals surface area contributed by atoms with E-state index < -0.39 is 11.7 Å². The maximum Gasteiger partial charge on any atom is 0.416 e. The van der Waals surface area contributed by atoms with E-state index in [2.05, 4.69) is 15.3 Å². The number of thioether (sulfide) groups is 1. The quantitative estimate of drug-likeness (QED) is 0.213. The second kappa shape index (κ2) is 10.3. The van der Waals surface area contributed by atoms with Gasteiger partial charge in [0.05, 0.1) is 32.4 Å². The van der Waals surface area contributed by atoms with Gasteiger partial charge in [0.15, 0.2) is 16.7 Å². The fraction of sp³-hybridized carbons (Fsp3) is 0.200. The summed E-state index contributed by atoms with van der Waals surface area (Å²) in [6.45, 7) is 0. The number of benzene rings is 3. The molecule has 0 unspecified atom stereocenters. The highest BCUT2D eigenvalue weighted by molar-refractivity contribution is 7.98. The zero-order valence-electron chi connectivity index (χ0n) is 19.1. The van der Waals surface area contributed by atoms with Crippen LogP contribution in [0.4, 0.5) is 24.7 Å². The average Bonchev–Trinajstić information content (AvgIpc) is 2.86. The predicted molar refractivity (Wildman–Crippen MR) is 130 cm³/mol. The second-order valence-electron chi connectivity index (χ2n) is 7.39. The second-order valence-corrected chi connectivity index (χ2v) is 8.34. The van der Waals surface area contributed by atoms with Crippen LogP contribution in [0.15, 0.2) is 65.8 Å². The normalized spacial score (nSPS) is 11.4. The van der Waals surface area contributed by atoms with Crippen LogP contribution in [-0.4, -0.2) is 31.3 Å². The van der Waals surface area contributed by atoms with E-state index in [-0.39, 0.29) is 0 Å². The number of methoxy groups -OCH3 is 3. The van der Waals surface area contributed by atoms with E-state index in [4.69, 9.17) is 14.2 Å². The Bertz CT molecular complexity index is 1310. The lowest BCUT2D eigenvalue weighted by molar-refractivity contribution is -0.137. The number of anilines is 2. The molecule has 3 aromatic carbocycles. The molecule has 0 aliphatic heterocycles. The van der Waals surface area contributed by atoms with Gasteiger partial charge in [0.25, 0.3) is 0 Å². The molecule has 1 N–H and O–H groups in total. The van der Waals surface area contributed by atoms with E-state index in [1.165, 1.54) is 45.2 Å². The van der Waals surface area contributed by atoms with Crippen LogP contribution in [0, 0.1) is 0 Å². The Morgan fingerprint density at radius 2 is 1.51 bits per heavy atom. The van der Waals surface area contributed by atoms with Crippen molar-refractivity contribution in [3.05, 3.63) is 71.8 Å². The Morgan fingerprint density at radius 1 is 0.857 bits per heavy atom. The number of halogens is 3. The van der Waals surface area contributed by atoms with E-state index in [9.17, 15) is 13.2 Å². The lowest BCUT2D eigenvalue weighted by Crippen LogP contribution is -2.04. The van der Waals surface area contributed by atoms with Gasteiger partial charge in [0.1, 0.15) is 5.82 Å². The predicted octanol–water partition coefficient (Wildman–Crippen LogP) is 6.71. The molecule has 0 radical (unpaired) electrons. The van der Waals surface area contributed by atoms with Gasteiger partial charge < -0.3 is 19.5 Å². The molecule has 0 bridgehead atoms. The average molecular weight is 502 g/mol. The first kappa shape index (κ1) is 24.5. The minimum absolute atomic E-state index is 0.417. The Hall–Kier alpha value is -3.66. The molecule has 4 rings (SSSR count). The third kappa shape index (κ3) is 5.54. The fourth-order valence-corrected chi connectivity index (χ4v) is 4.25. The maximum atomic E-state index is 12.8. The van der Waals surface area contributed by atoms with Crippen LogP contribution in [0.1, 0.15) is 11.1 Å². The Kier molecular flexibility index (Phi) is 7.20. The van der Waals surface area contributed by atoms with Crippen molar-refractivity contribution in [3.63, 3.8) is 0 Å². The summed E-state index contributed by atoms with van der Waals surface area (Å²) in [5.74, 6) is 2.44. The number of rotatable bonds is 8. The van der Waals surface area contributed by atoms with Crippen LogP contribution in [0.5, 0.6) is 17.2 Å². The van der Waals surface area contributed by atoms with Gasteiger partial charge in [-0.2, -0.15) is 13.2 Å². The van der Waals surface area contributed by atoms with Crippen molar-refractivity contribution >= 4 is 34.2 Å². The SMILES string of the molecule is COc1cc(Nc2nc(SCc3ccc(C(F)(F)F)cc3)nc3ccccc23)cc(OC)c1OC. The third-order valence-corrected chi connectivity index (χ3v) is 6.08. The summed E-state index contributed by atoms with van der Waals surface area (Å²) in [4.78, 5) is 9.28. The van der Waals surface area contributed by atoms with Crippen LogP contribution < -0.4 is 19.5 Å². The molecule has 6 nitrogen and oxygen atoms in total. The van der Waals surface area contributed by atoms with Crippen molar-refractivity contribution in [2.45, 2.75) is 17.1 Å². The van der Waals surface area contributed by atoms with Crippen molar-refractivity contribution in [2.75, 3.05) is 26.6 Å². The van der Waals surface area contributed by atoms with Crippen LogP contribution in [0.3, 0.4) is 0 Å². The Balaban J connectivity index is 1.63. The number of nitrogens with one attached hydrogen (secondary N) is 1. The number of aromatic nitrogens is 2. The highest BCUT2D eigenvalue weighted by Crippen LogP contribution is 2.41. The van der Waals surface area contributed by atoms with E-state index in [0.717, 1.165) is 28.6 Å². The maximum absolute atomic E-state index is 12.8. The number of hydrogen-bond donors (Lipinski definition) is 1. The van der Waals surface area contributed by atoms with Crippen LogP contribution in [0.2, 0.25) is 0 Å². The fourth-order valence-electron chi connectivity index (χ4n) is 3.44.